The van der Waals surface area contributed by atoms with Crippen molar-refractivity contribution in [3.63, 3.8) is 0 Å². The number of nitrogens with one attached hydrogen (secondary N) is 2. The zero-order valence-electron chi connectivity index (χ0n) is 11.3. The second-order valence-electron chi connectivity index (χ2n) is 5.01. The van der Waals surface area contributed by atoms with E-state index in [1.54, 1.807) is 0 Å². The van der Waals surface area contributed by atoms with E-state index in [-0.39, 0.29) is 5.91 Å². The van der Waals surface area contributed by atoms with Crippen molar-refractivity contribution in [1.82, 2.24) is 10.6 Å². The number of amides is 1. The molecule has 0 aliphatic heterocycles. The summed E-state index contributed by atoms with van der Waals surface area (Å²) >= 11 is 0. The molecule has 0 saturated carbocycles. The summed E-state index contributed by atoms with van der Waals surface area (Å²) in [5.41, 5.74) is 3.55. The lowest BCUT2D eigenvalue weighted by atomic mass is 10.1. The molecule has 1 aromatic rings. The van der Waals surface area contributed by atoms with E-state index in [1.807, 2.05) is 6.07 Å². The predicted octanol–water partition coefficient (Wildman–Crippen LogP) is 1.90. The third kappa shape index (κ3) is 3.10. The molecule has 1 aromatic carbocycles. The minimum atomic E-state index is 0.0365. The van der Waals surface area contributed by atoms with Crippen LogP contribution in [0.3, 0.4) is 0 Å². The van der Waals surface area contributed by atoms with Crippen LogP contribution in [-0.4, -0.2) is 25.0 Å². The molecule has 2 rings (SSSR count). The summed E-state index contributed by atoms with van der Waals surface area (Å²) in [5, 5.41) is 6.25. The first-order valence-corrected chi connectivity index (χ1v) is 6.84. The Kier molecular flexibility index (Phi) is 4.37. The SMILES string of the molecule is CCN[C@H](C)CNC(=O)c1ccc2c(c1)CCC2. The van der Waals surface area contributed by atoms with Gasteiger partial charge in [0.15, 0.2) is 0 Å². The monoisotopic (exact) mass is 246 g/mol. The molecule has 18 heavy (non-hydrogen) atoms. The average Bonchev–Trinajstić information content (AvgIpc) is 2.83. The van der Waals surface area contributed by atoms with Crippen LogP contribution in [-0.2, 0) is 12.8 Å². The van der Waals surface area contributed by atoms with Crippen molar-refractivity contribution in [3.8, 4) is 0 Å². The van der Waals surface area contributed by atoms with E-state index < -0.39 is 0 Å². The fourth-order valence-electron chi connectivity index (χ4n) is 2.48. The Balaban J connectivity index is 1.93. The van der Waals surface area contributed by atoms with Crippen molar-refractivity contribution in [2.75, 3.05) is 13.1 Å². The maximum atomic E-state index is 12.0. The quantitative estimate of drug-likeness (QED) is 0.833. The van der Waals surface area contributed by atoms with Crippen molar-refractivity contribution in [2.24, 2.45) is 0 Å². The van der Waals surface area contributed by atoms with Crippen molar-refractivity contribution < 1.29 is 4.79 Å². The van der Waals surface area contributed by atoms with Crippen molar-refractivity contribution in [3.05, 3.63) is 34.9 Å². The first-order valence-electron chi connectivity index (χ1n) is 6.84. The molecule has 98 valence electrons. The van der Waals surface area contributed by atoms with Gasteiger partial charge in [0, 0.05) is 18.2 Å². The molecular weight excluding hydrogens is 224 g/mol. The van der Waals surface area contributed by atoms with Crippen LogP contribution in [0.15, 0.2) is 18.2 Å². The zero-order valence-corrected chi connectivity index (χ0v) is 11.3. The largest absolute Gasteiger partial charge is 0.350 e. The second-order valence-corrected chi connectivity index (χ2v) is 5.01. The number of hydrogen-bond acceptors (Lipinski definition) is 2. The van der Waals surface area contributed by atoms with Crippen molar-refractivity contribution >= 4 is 5.91 Å². The number of carbonyl (C=O) groups excluding carboxylic acids is 1. The molecule has 3 nitrogen and oxygen atoms in total. The van der Waals surface area contributed by atoms with Gasteiger partial charge in [-0.25, -0.2) is 0 Å². The molecule has 0 saturated heterocycles. The van der Waals surface area contributed by atoms with Crippen LogP contribution in [0.4, 0.5) is 0 Å². The molecule has 0 radical (unpaired) electrons. The van der Waals surface area contributed by atoms with Crippen LogP contribution in [0, 0.1) is 0 Å². The van der Waals surface area contributed by atoms with E-state index in [0.717, 1.165) is 24.9 Å². The van der Waals surface area contributed by atoms with Gasteiger partial charge in [-0.1, -0.05) is 13.0 Å². The van der Waals surface area contributed by atoms with Gasteiger partial charge in [0.2, 0.25) is 0 Å². The minimum absolute atomic E-state index is 0.0365. The van der Waals surface area contributed by atoms with Gasteiger partial charge >= 0.3 is 0 Å². The first kappa shape index (κ1) is 13.1. The molecule has 1 aliphatic rings. The van der Waals surface area contributed by atoms with E-state index in [4.69, 9.17) is 0 Å². The van der Waals surface area contributed by atoms with E-state index in [0.29, 0.717) is 12.6 Å². The highest BCUT2D eigenvalue weighted by molar-refractivity contribution is 5.94. The van der Waals surface area contributed by atoms with E-state index in [1.165, 1.54) is 17.5 Å². The number of aryl methyl sites for hydroxylation is 2. The van der Waals surface area contributed by atoms with Crippen LogP contribution in [0.25, 0.3) is 0 Å². The van der Waals surface area contributed by atoms with Gasteiger partial charge in [-0.05, 0) is 56.0 Å². The molecule has 2 N–H and O–H groups in total. The highest BCUT2D eigenvalue weighted by Gasteiger charge is 2.14. The summed E-state index contributed by atoms with van der Waals surface area (Å²) in [6.07, 6.45) is 3.50. The number of benzene rings is 1. The molecule has 1 aliphatic carbocycles. The molecule has 1 amide bonds. The Morgan fingerprint density at radius 2 is 2.11 bits per heavy atom. The third-order valence-corrected chi connectivity index (χ3v) is 3.48. The number of rotatable bonds is 5. The summed E-state index contributed by atoms with van der Waals surface area (Å²) in [6.45, 7) is 5.74. The van der Waals surface area contributed by atoms with Crippen LogP contribution in [0.2, 0.25) is 0 Å². The maximum absolute atomic E-state index is 12.0. The number of fused-ring (bicyclic) bond motifs is 1. The van der Waals surface area contributed by atoms with Crippen LogP contribution >= 0.6 is 0 Å². The summed E-state index contributed by atoms with van der Waals surface area (Å²) in [4.78, 5) is 12.0. The van der Waals surface area contributed by atoms with Crippen molar-refractivity contribution in [2.45, 2.75) is 39.2 Å². The van der Waals surface area contributed by atoms with Gasteiger partial charge in [0.05, 0.1) is 0 Å². The molecule has 3 heteroatoms. The Bertz CT molecular complexity index is 429. The second kappa shape index (κ2) is 6.01. The number of carbonyl (C=O) groups is 1. The number of hydrogen-bond donors (Lipinski definition) is 2. The summed E-state index contributed by atoms with van der Waals surface area (Å²) in [7, 11) is 0. The van der Waals surface area contributed by atoms with Gasteiger partial charge in [0.1, 0.15) is 0 Å². The normalized spacial score (nSPS) is 15.2. The predicted molar refractivity (Wildman–Crippen MR) is 73.9 cm³/mol. The molecule has 1 atom stereocenters. The Morgan fingerprint density at radius 3 is 2.89 bits per heavy atom. The molecule has 0 aromatic heterocycles. The van der Waals surface area contributed by atoms with Crippen LogP contribution in [0.1, 0.15) is 41.8 Å². The molecule has 0 unspecified atom stereocenters. The minimum Gasteiger partial charge on any atom is -0.350 e. The van der Waals surface area contributed by atoms with Gasteiger partial charge in [-0.2, -0.15) is 0 Å². The van der Waals surface area contributed by atoms with E-state index in [9.17, 15) is 4.79 Å². The van der Waals surface area contributed by atoms with Crippen LogP contribution in [0.5, 0.6) is 0 Å². The van der Waals surface area contributed by atoms with Gasteiger partial charge < -0.3 is 10.6 Å². The first-order chi connectivity index (χ1) is 8.70. The summed E-state index contributed by atoms with van der Waals surface area (Å²) in [6, 6.07) is 6.41. The van der Waals surface area contributed by atoms with E-state index in [2.05, 4.69) is 36.6 Å². The number of likely N-dealkylation sites (N-methyl/N-ethyl adjacent to an activating group) is 1. The van der Waals surface area contributed by atoms with E-state index >= 15 is 0 Å². The fraction of sp³-hybridized carbons (Fsp3) is 0.533. The molecular formula is C15H22N2O. The maximum Gasteiger partial charge on any atom is 0.251 e. The van der Waals surface area contributed by atoms with Gasteiger partial charge in [-0.3, -0.25) is 4.79 Å². The Hall–Kier alpha value is -1.35. The summed E-state index contributed by atoms with van der Waals surface area (Å²) < 4.78 is 0. The topological polar surface area (TPSA) is 41.1 Å². The molecule has 0 heterocycles. The lowest BCUT2D eigenvalue weighted by Gasteiger charge is -2.13. The van der Waals surface area contributed by atoms with Crippen LogP contribution < -0.4 is 10.6 Å². The Morgan fingerprint density at radius 1 is 1.33 bits per heavy atom. The van der Waals surface area contributed by atoms with Gasteiger partial charge in [-0.15, -0.1) is 0 Å². The molecule has 0 spiro atoms. The van der Waals surface area contributed by atoms with Crippen molar-refractivity contribution in [1.29, 1.82) is 0 Å². The highest BCUT2D eigenvalue weighted by Crippen LogP contribution is 2.22. The van der Waals surface area contributed by atoms with Gasteiger partial charge in [0.25, 0.3) is 5.91 Å². The Labute approximate surface area is 109 Å². The third-order valence-electron chi connectivity index (χ3n) is 3.48. The average molecular weight is 246 g/mol. The lowest BCUT2D eigenvalue weighted by Crippen LogP contribution is -2.38. The highest BCUT2D eigenvalue weighted by atomic mass is 16.1. The molecule has 0 bridgehead atoms. The zero-order chi connectivity index (χ0) is 13.0. The molecule has 0 fully saturated rings. The summed E-state index contributed by atoms with van der Waals surface area (Å²) in [5.74, 6) is 0.0365. The lowest BCUT2D eigenvalue weighted by molar-refractivity contribution is 0.0950. The smallest absolute Gasteiger partial charge is 0.251 e. The standard InChI is InChI=1S/C15H22N2O/c1-3-16-11(2)10-17-15(18)14-8-7-12-5-4-6-13(12)9-14/h7-9,11,16H,3-6,10H2,1-2H3,(H,17,18)/t11-/m1/s1. The fourth-order valence-corrected chi connectivity index (χ4v) is 2.48.